The largest absolute Gasteiger partial charge is 0.386 e. The highest BCUT2D eigenvalue weighted by Gasteiger charge is 2.34. The number of β-amino-alcohol motifs (C(OH)–C–C–N with tert-alkyl or cyclic N) is 1. The maximum Gasteiger partial charge on any atom is 0.124 e. The lowest BCUT2D eigenvalue weighted by Gasteiger charge is -2.40. The smallest absolute Gasteiger partial charge is 0.124 e. The zero-order chi connectivity index (χ0) is 17.4. The number of rotatable bonds is 3. The first-order valence-electron chi connectivity index (χ1n) is 8.41. The normalized spacial score (nSPS) is 21.0. The van der Waals surface area contributed by atoms with E-state index in [0.717, 1.165) is 35.2 Å². The molecule has 7 heteroatoms. The van der Waals surface area contributed by atoms with Crippen molar-refractivity contribution >= 4 is 16.6 Å². The number of piperidine rings is 1. The monoisotopic (exact) mass is 341 g/mol. The Morgan fingerprint density at radius 1 is 1.32 bits per heavy atom. The minimum absolute atomic E-state index is 0.283. The molecule has 2 aromatic heterocycles. The minimum Gasteiger partial charge on any atom is -0.386 e. The van der Waals surface area contributed by atoms with Crippen LogP contribution < -0.4 is 4.90 Å². The molecule has 1 aliphatic rings. The van der Waals surface area contributed by atoms with E-state index in [1.807, 2.05) is 13.0 Å². The Labute approximate surface area is 144 Å². The fraction of sp³-hybridized carbons (Fsp3) is 0.389. The van der Waals surface area contributed by atoms with Crippen LogP contribution in [0.4, 0.5) is 10.1 Å². The van der Waals surface area contributed by atoms with E-state index in [2.05, 4.69) is 20.2 Å². The molecule has 0 radical (unpaired) electrons. The van der Waals surface area contributed by atoms with Crippen LogP contribution in [-0.2, 0) is 6.54 Å². The van der Waals surface area contributed by atoms with Gasteiger partial charge in [-0.15, -0.1) is 5.10 Å². The number of pyridine rings is 1. The van der Waals surface area contributed by atoms with Crippen molar-refractivity contribution in [1.29, 1.82) is 0 Å². The number of nitrogens with zero attached hydrogens (tertiary/aromatic N) is 5. The van der Waals surface area contributed by atoms with Gasteiger partial charge in [-0.2, -0.15) is 0 Å². The third-order valence-corrected chi connectivity index (χ3v) is 4.70. The van der Waals surface area contributed by atoms with Gasteiger partial charge in [-0.1, -0.05) is 5.21 Å². The molecule has 0 amide bonds. The number of aromatic nitrogens is 4. The molecule has 0 aliphatic carbocycles. The number of anilines is 1. The predicted molar refractivity (Wildman–Crippen MR) is 92.9 cm³/mol. The fourth-order valence-electron chi connectivity index (χ4n) is 3.64. The quantitative estimate of drug-likeness (QED) is 0.792. The Balaban J connectivity index is 1.69. The first kappa shape index (κ1) is 16.0. The van der Waals surface area contributed by atoms with Gasteiger partial charge in [0.05, 0.1) is 18.3 Å². The van der Waals surface area contributed by atoms with E-state index in [0.29, 0.717) is 19.5 Å². The van der Waals surface area contributed by atoms with Gasteiger partial charge in [0.1, 0.15) is 11.4 Å². The third kappa shape index (κ3) is 3.19. The van der Waals surface area contributed by atoms with Gasteiger partial charge in [0, 0.05) is 36.1 Å². The van der Waals surface area contributed by atoms with Crippen molar-refractivity contribution in [2.45, 2.75) is 31.9 Å². The highest BCUT2D eigenvalue weighted by molar-refractivity contribution is 5.92. The van der Waals surface area contributed by atoms with Crippen molar-refractivity contribution in [3.8, 4) is 0 Å². The third-order valence-electron chi connectivity index (χ3n) is 4.70. The summed E-state index contributed by atoms with van der Waals surface area (Å²) in [6.07, 6.45) is 4.90. The van der Waals surface area contributed by atoms with E-state index in [1.165, 1.54) is 12.1 Å². The van der Waals surface area contributed by atoms with Gasteiger partial charge in [-0.25, -0.2) is 9.07 Å². The first-order valence-corrected chi connectivity index (χ1v) is 8.41. The second-order valence-electron chi connectivity index (χ2n) is 6.79. The van der Waals surface area contributed by atoms with Gasteiger partial charge in [-0.05, 0) is 44.0 Å². The molecule has 130 valence electrons. The summed E-state index contributed by atoms with van der Waals surface area (Å²) in [7, 11) is 0. The molecule has 1 saturated heterocycles. The van der Waals surface area contributed by atoms with E-state index in [4.69, 9.17) is 0 Å². The fourth-order valence-corrected chi connectivity index (χ4v) is 3.64. The van der Waals surface area contributed by atoms with Crippen LogP contribution in [-0.4, -0.2) is 43.8 Å². The summed E-state index contributed by atoms with van der Waals surface area (Å²) in [5.74, 6) is -0.283. The molecule has 3 aromatic rings. The number of benzene rings is 1. The zero-order valence-electron chi connectivity index (χ0n) is 14.1. The summed E-state index contributed by atoms with van der Waals surface area (Å²) in [6.45, 7) is 3.59. The first-order chi connectivity index (χ1) is 12.0. The number of halogens is 1. The Hall–Kier alpha value is -2.54. The highest BCUT2D eigenvalue weighted by atomic mass is 19.1. The molecule has 25 heavy (non-hydrogen) atoms. The molecule has 1 fully saturated rings. The van der Waals surface area contributed by atoms with Gasteiger partial charge >= 0.3 is 0 Å². The lowest BCUT2D eigenvalue weighted by Crippen LogP contribution is -2.50. The van der Waals surface area contributed by atoms with Crippen molar-refractivity contribution in [1.82, 2.24) is 20.0 Å². The van der Waals surface area contributed by atoms with Gasteiger partial charge < -0.3 is 10.0 Å². The van der Waals surface area contributed by atoms with E-state index < -0.39 is 5.60 Å². The summed E-state index contributed by atoms with van der Waals surface area (Å²) in [5.41, 5.74) is 1.66. The summed E-state index contributed by atoms with van der Waals surface area (Å²) in [5, 5.41) is 19.6. The van der Waals surface area contributed by atoms with E-state index in [1.54, 1.807) is 23.1 Å². The van der Waals surface area contributed by atoms with Crippen LogP contribution >= 0.6 is 0 Å². The van der Waals surface area contributed by atoms with Crippen LogP contribution in [0.25, 0.3) is 10.9 Å². The standard InChI is InChI=1S/C18H20FN5O/c1-13-9-17(15-10-14(19)3-4-16(15)21-13)23-7-2-5-18(25,11-23)12-24-8-6-20-22-24/h3-4,6,8-10,25H,2,5,7,11-12H2,1H3. The minimum atomic E-state index is -0.900. The molecule has 1 aliphatic heterocycles. The average Bonchev–Trinajstić information content (AvgIpc) is 3.07. The van der Waals surface area contributed by atoms with Crippen molar-refractivity contribution in [2.24, 2.45) is 0 Å². The van der Waals surface area contributed by atoms with E-state index in [-0.39, 0.29) is 5.82 Å². The van der Waals surface area contributed by atoms with Crippen LogP contribution in [0.2, 0.25) is 0 Å². The van der Waals surface area contributed by atoms with Gasteiger partial charge in [0.25, 0.3) is 0 Å². The van der Waals surface area contributed by atoms with Crippen LogP contribution in [0.15, 0.2) is 36.7 Å². The molecule has 0 bridgehead atoms. The van der Waals surface area contributed by atoms with Crippen molar-refractivity contribution in [3.63, 3.8) is 0 Å². The number of aliphatic hydroxyl groups is 1. The van der Waals surface area contributed by atoms with E-state index >= 15 is 0 Å². The molecule has 1 aromatic carbocycles. The maximum absolute atomic E-state index is 13.8. The van der Waals surface area contributed by atoms with Crippen molar-refractivity contribution in [3.05, 3.63) is 48.2 Å². The lowest BCUT2D eigenvalue weighted by atomic mass is 9.92. The molecular formula is C18H20FN5O. The number of aryl methyl sites for hydroxylation is 1. The van der Waals surface area contributed by atoms with Gasteiger partial charge in [0.15, 0.2) is 0 Å². The van der Waals surface area contributed by atoms with Crippen LogP contribution in [0, 0.1) is 12.7 Å². The number of fused-ring (bicyclic) bond motifs is 1. The maximum atomic E-state index is 13.8. The number of hydrogen-bond donors (Lipinski definition) is 1. The molecule has 1 N–H and O–H groups in total. The molecule has 0 saturated carbocycles. The molecule has 3 heterocycles. The second kappa shape index (κ2) is 6.07. The van der Waals surface area contributed by atoms with Crippen LogP contribution in [0.5, 0.6) is 0 Å². The topological polar surface area (TPSA) is 67.1 Å². The van der Waals surface area contributed by atoms with Crippen LogP contribution in [0.1, 0.15) is 18.5 Å². The Bertz CT molecular complexity index is 898. The average molecular weight is 341 g/mol. The van der Waals surface area contributed by atoms with Crippen molar-refractivity contribution < 1.29 is 9.50 Å². The zero-order valence-corrected chi connectivity index (χ0v) is 14.1. The molecule has 6 nitrogen and oxygen atoms in total. The molecule has 1 unspecified atom stereocenters. The summed E-state index contributed by atoms with van der Waals surface area (Å²) < 4.78 is 15.4. The Kier molecular flexibility index (Phi) is 3.88. The summed E-state index contributed by atoms with van der Waals surface area (Å²) >= 11 is 0. The second-order valence-corrected chi connectivity index (χ2v) is 6.79. The SMILES string of the molecule is Cc1cc(N2CCCC(O)(Cn3ccnn3)C2)c2cc(F)ccc2n1. The molecule has 1 atom stereocenters. The summed E-state index contributed by atoms with van der Waals surface area (Å²) in [6, 6.07) is 6.60. The summed E-state index contributed by atoms with van der Waals surface area (Å²) in [4.78, 5) is 6.61. The predicted octanol–water partition coefficient (Wildman–Crippen LogP) is 2.31. The van der Waals surface area contributed by atoms with Crippen molar-refractivity contribution in [2.75, 3.05) is 18.0 Å². The molecular weight excluding hydrogens is 321 g/mol. The Morgan fingerprint density at radius 2 is 2.20 bits per heavy atom. The highest BCUT2D eigenvalue weighted by Crippen LogP contribution is 2.32. The lowest BCUT2D eigenvalue weighted by molar-refractivity contribution is 0.00610. The van der Waals surface area contributed by atoms with Gasteiger partial charge in [-0.3, -0.25) is 4.98 Å². The molecule has 0 spiro atoms. The molecule has 4 rings (SSSR count). The van der Waals surface area contributed by atoms with Crippen LogP contribution in [0.3, 0.4) is 0 Å². The van der Waals surface area contributed by atoms with E-state index in [9.17, 15) is 9.50 Å². The Morgan fingerprint density at radius 3 is 3.00 bits per heavy atom. The van der Waals surface area contributed by atoms with Gasteiger partial charge in [0.2, 0.25) is 0 Å². The number of hydrogen-bond acceptors (Lipinski definition) is 5.